The minimum atomic E-state index is -0.966. The maximum Gasteiger partial charge on any atom is 0.335 e. The number of carbonyl (C=O) groups excluding carboxylic acids is 1. The van der Waals surface area contributed by atoms with Crippen molar-refractivity contribution < 1.29 is 19.1 Å². The molecular formula is C15H14N2O4. The number of oxazole rings is 1. The van der Waals surface area contributed by atoms with Gasteiger partial charge in [0.05, 0.1) is 5.56 Å². The number of carboxylic acids is 1. The highest BCUT2D eigenvalue weighted by Gasteiger charge is 2.26. The van der Waals surface area contributed by atoms with Gasteiger partial charge in [-0.3, -0.25) is 4.79 Å². The molecule has 0 atom stereocenters. The minimum absolute atomic E-state index is 0.202. The van der Waals surface area contributed by atoms with Crippen molar-refractivity contribution in [2.45, 2.75) is 26.4 Å². The van der Waals surface area contributed by atoms with Crippen LogP contribution < -0.4 is 0 Å². The number of benzene rings is 1. The monoisotopic (exact) mass is 286 g/mol. The second kappa shape index (κ2) is 5.05. The molecule has 108 valence electrons. The normalized spacial score (nSPS) is 13.3. The molecule has 2 heterocycles. The van der Waals surface area contributed by atoms with E-state index in [2.05, 4.69) is 4.98 Å². The molecule has 1 amide bonds. The molecule has 0 fully saturated rings. The molecule has 0 spiro atoms. The van der Waals surface area contributed by atoms with Gasteiger partial charge in [0.2, 0.25) is 0 Å². The zero-order valence-electron chi connectivity index (χ0n) is 11.5. The Kier molecular flexibility index (Phi) is 3.21. The van der Waals surface area contributed by atoms with Gasteiger partial charge in [-0.1, -0.05) is 13.0 Å². The standard InChI is InChI=1S/C15H14N2O4/c1-2-13-16-12(8-21-13)14(18)17-6-10-4-3-9(15(19)20)5-11(10)7-17/h3-5,8H,2,6-7H2,1H3,(H,19,20). The van der Waals surface area contributed by atoms with Gasteiger partial charge in [0.1, 0.15) is 6.26 Å². The maximum atomic E-state index is 12.4. The van der Waals surface area contributed by atoms with E-state index in [-0.39, 0.29) is 17.2 Å². The Morgan fingerprint density at radius 3 is 2.76 bits per heavy atom. The van der Waals surface area contributed by atoms with Crippen molar-refractivity contribution in [3.05, 3.63) is 52.7 Å². The average Bonchev–Trinajstić information content (AvgIpc) is 3.11. The van der Waals surface area contributed by atoms with Crippen LogP contribution in [0.1, 0.15) is 44.8 Å². The number of aromatic nitrogens is 1. The van der Waals surface area contributed by atoms with E-state index in [4.69, 9.17) is 9.52 Å². The molecule has 3 rings (SSSR count). The van der Waals surface area contributed by atoms with E-state index in [0.29, 0.717) is 25.4 Å². The van der Waals surface area contributed by atoms with Crippen molar-refractivity contribution in [2.75, 3.05) is 0 Å². The molecule has 0 bridgehead atoms. The highest BCUT2D eigenvalue weighted by Crippen LogP contribution is 2.25. The Morgan fingerprint density at radius 1 is 1.33 bits per heavy atom. The number of hydrogen-bond donors (Lipinski definition) is 1. The van der Waals surface area contributed by atoms with Gasteiger partial charge in [0.25, 0.3) is 5.91 Å². The third-order valence-electron chi connectivity index (χ3n) is 3.54. The molecular weight excluding hydrogens is 272 g/mol. The van der Waals surface area contributed by atoms with Crippen LogP contribution in [0.3, 0.4) is 0 Å². The number of aryl methyl sites for hydroxylation is 1. The fourth-order valence-corrected chi connectivity index (χ4v) is 2.40. The van der Waals surface area contributed by atoms with Crippen molar-refractivity contribution in [3.63, 3.8) is 0 Å². The Bertz CT molecular complexity index is 720. The van der Waals surface area contributed by atoms with Crippen molar-refractivity contribution >= 4 is 11.9 Å². The number of aromatic carboxylic acids is 1. The molecule has 1 aromatic heterocycles. The van der Waals surface area contributed by atoms with Gasteiger partial charge in [0.15, 0.2) is 11.6 Å². The summed E-state index contributed by atoms with van der Waals surface area (Å²) < 4.78 is 5.19. The van der Waals surface area contributed by atoms with Crippen LogP contribution in [0.25, 0.3) is 0 Å². The molecule has 0 saturated heterocycles. The van der Waals surface area contributed by atoms with Gasteiger partial charge in [-0.05, 0) is 23.3 Å². The molecule has 1 aromatic carbocycles. The molecule has 2 aromatic rings. The molecule has 1 aliphatic rings. The van der Waals surface area contributed by atoms with Crippen LogP contribution in [-0.2, 0) is 19.5 Å². The molecule has 0 unspecified atom stereocenters. The van der Waals surface area contributed by atoms with Gasteiger partial charge in [-0.2, -0.15) is 0 Å². The van der Waals surface area contributed by atoms with E-state index in [0.717, 1.165) is 11.1 Å². The van der Waals surface area contributed by atoms with E-state index >= 15 is 0 Å². The molecule has 0 aliphatic carbocycles. The number of rotatable bonds is 3. The summed E-state index contributed by atoms with van der Waals surface area (Å²) in [5.41, 5.74) is 2.35. The Labute approximate surface area is 121 Å². The summed E-state index contributed by atoms with van der Waals surface area (Å²) in [6.07, 6.45) is 2.00. The van der Waals surface area contributed by atoms with Crippen molar-refractivity contribution in [2.24, 2.45) is 0 Å². The Balaban J connectivity index is 1.80. The lowest BCUT2D eigenvalue weighted by atomic mass is 10.1. The molecule has 21 heavy (non-hydrogen) atoms. The Morgan fingerprint density at radius 2 is 2.10 bits per heavy atom. The second-order valence-corrected chi connectivity index (χ2v) is 4.93. The molecule has 1 N–H and O–H groups in total. The van der Waals surface area contributed by atoms with Crippen LogP contribution in [0.15, 0.2) is 28.9 Å². The second-order valence-electron chi connectivity index (χ2n) is 4.93. The van der Waals surface area contributed by atoms with Crippen molar-refractivity contribution in [1.29, 1.82) is 0 Å². The van der Waals surface area contributed by atoms with Crippen LogP contribution in [0.4, 0.5) is 0 Å². The summed E-state index contributed by atoms with van der Waals surface area (Å²) in [6.45, 7) is 2.76. The summed E-state index contributed by atoms with van der Waals surface area (Å²) in [7, 11) is 0. The van der Waals surface area contributed by atoms with E-state index in [9.17, 15) is 9.59 Å². The first-order valence-electron chi connectivity index (χ1n) is 6.67. The SMILES string of the molecule is CCc1nc(C(=O)N2Cc3ccc(C(=O)O)cc3C2)co1. The number of amides is 1. The fourth-order valence-electron chi connectivity index (χ4n) is 2.40. The van der Waals surface area contributed by atoms with Gasteiger partial charge >= 0.3 is 5.97 Å². The molecule has 6 nitrogen and oxygen atoms in total. The highest BCUT2D eigenvalue weighted by atomic mass is 16.4. The number of fused-ring (bicyclic) bond motifs is 1. The fraction of sp³-hybridized carbons (Fsp3) is 0.267. The zero-order chi connectivity index (χ0) is 15.0. The summed E-state index contributed by atoms with van der Waals surface area (Å²) in [5.74, 6) is -0.638. The number of nitrogens with zero attached hydrogens (tertiary/aromatic N) is 2. The third kappa shape index (κ3) is 2.40. The third-order valence-corrected chi connectivity index (χ3v) is 3.54. The van der Waals surface area contributed by atoms with Crippen LogP contribution in [0, 0.1) is 0 Å². The first-order chi connectivity index (χ1) is 10.1. The minimum Gasteiger partial charge on any atom is -0.478 e. The first kappa shape index (κ1) is 13.4. The van der Waals surface area contributed by atoms with Gasteiger partial charge in [-0.15, -0.1) is 0 Å². The smallest absolute Gasteiger partial charge is 0.335 e. The topological polar surface area (TPSA) is 83.6 Å². The first-order valence-corrected chi connectivity index (χ1v) is 6.67. The lowest BCUT2D eigenvalue weighted by Gasteiger charge is -2.12. The summed E-state index contributed by atoms with van der Waals surface area (Å²) in [6, 6.07) is 4.93. The molecule has 0 saturated carbocycles. The average molecular weight is 286 g/mol. The Hall–Kier alpha value is -2.63. The van der Waals surface area contributed by atoms with Crippen molar-refractivity contribution in [1.82, 2.24) is 9.88 Å². The molecule has 6 heteroatoms. The van der Waals surface area contributed by atoms with E-state index in [1.807, 2.05) is 6.92 Å². The van der Waals surface area contributed by atoms with Gasteiger partial charge in [-0.25, -0.2) is 9.78 Å². The maximum absolute atomic E-state index is 12.4. The summed E-state index contributed by atoms with van der Waals surface area (Å²) in [4.78, 5) is 29.1. The molecule has 1 aliphatic heterocycles. The quantitative estimate of drug-likeness (QED) is 0.934. The number of carboxylic acid groups (broad SMARTS) is 1. The number of carbonyl (C=O) groups is 2. The predicted octanol–water partition coefficient (Wildman–Crippen LogP) is 2.09. The largest absolute Gasteiger partial charge is 0.478 e. The number of hydrogen-bond acceptors (Lipinski definition) is 4. The van der Waals surface area contributed by atoms with Crippen molar-refractivity contribution in [3.8, 4) is 0 Å². The summed E-state index contributed by atoms with van der Waals surface area (Å²) in [5, 5.41) is 9.00. The van der Waals surface area contributed by atoms with Gasteiger partial charge < -0.3 is 14.4 Å². The van der Waals surface area contributed by atoms with E-state index in [1.54, 1.807) is 23.1 Å². The van der Waals surface area contributed by atoms with Crippen LogP contribution in [-0.4, -0.2) is 26.9 Å². The highest BCUT2D eigenvalue weighted by molar-refractivity contribution is 5.92. The molecule has 0 radical (unpaired) electrons. The predicted molar refractivity (Wildman–Crippen MR) is 72.9 cm³/mol. The van der Waals surface area contributed by atoms with Crippen LogP contribution in [0.5, 0.6) is 0 Å². The van der Waals surface area contributed by atoms with Crippen LogP contribution in [0.2, 0.25) is 0 Å². The van der Waals surface area contributed by atoms with E-state index < -0.39 is 5.97 Å². The lowest BCUT2D eigenvalue weighted by Crippen LogP contribution is -2.25. The van der Waals surface area contributed by atoms with Gasteiger partial charge in [0, 0.05) is 19.5 Å². The van der Waals surface area contributed by atoms with E-state index in [1.165, 1.54) is 6.26 Å². The summed E-state index contributed by atoms with van der Waals surface area (Å²) >= 11 is 0. The lowest BCUT2D eigenvalue weighted by molar-refractivity contribution is 0.0696. The van der Waals surface area contributed by atoms with Crippen LogP contribution >= 0.6 is 0 Å². The zero-order valence-corrected chi connectivity index (χ0v) is 11.5.